The maximum atomic E-state index is 12.9. The van der Waals surface area contributed by atoms with E-state index in [0.717, 1.165) is 17.2 Å². The molecule has 1 aliphatic heterocycles. The zero-order valence-corrected chi connectivity index (χ0v) is 10.8. The summed E-state index contributed by atoms with van der Waals surface area (Å²) in [4.78, 5) is 15.2. The Morgan fingerprint density at radius 3 is 2.32 bits per heavy atom. The summed E-state index contributed by atoms with van der Waals surface area (Å²) < 4.78 is 77.2. The van der Waals surface area contributed by atoms with Gasteiger partial charge in [-0.05, 0) is 12.1 Å². The zero-order chi connectivity index (χ0) is 16.7. The number of carboxylic acids is 1. The predicted octanol–water partition coefficient (Wildman–Crippen LogP) is 2.80. The Balaban J connectivity index is 2.38. The summed E-state index contributed by atoms with van der Waals surface area (Å²) >= 11 is 0. The molecular weight excluding hydrogens is 318 g/mol. The topological polar surface area (TPSA) is 53.4 Å². The van der Waals surface area contributed by atoms with E-state index in [9.17, 15) is 31.1 Å². The number of hydrogen-bond acceptors (Lipinski definition) is 3. The van der Waals surface area contributed by atoms with Crippen molar-refractivity contribution < 1.29 is 36.2 Å². The Labute approximate surface area is 120 Å². The first-order chi connectivity index (χ1) is 10.0. The van der Waals surface area contributed by atoms with Crippen molar-refractivity contribution in [3.63, 3.8) is 0 Å². The quantitative estimate of drug-likeness (QED) is 0.848. The third kappa shape index (κ3) is 3.09. The van der Waals surface area contributed by atoms with Gasteiger partial charge >= 0.3 is 18.3 Å². The van der Waals surface area contributed by atoms with Gasteiger partial charge in [0.2, 0.25) is 0 Å². The summed E-state index contributed by atoms with van der Waals surface area (Å²) in [5.74, 6) is -6.46. The van der Waals surface area contributed by atoms with Crippen LogP contribution in [0.25, 0.3) is 0 Å². The summed E-state index contributed by atoms with van der Waals surface area (Å²) in [5, 5.41) is 8.87. The SMILES string of the molecule is O=C(O)[C@@H]1CN(c2ncccc2C(F)(F)F)C[C@H]1C(F)(F)F. The van der Waals surface area contributed by atoms with Gasteiger partial charge in [-0.25, -0.2) is 4.98 Å². The van der Waals surface area contributed by atoms with E-state index in [2.05, 4.69) is 4.98 Å². The van der Waals surface area contributed by atoms with E-state index < -0.39 is 54.6 Å². The normalized spacial score (nSPS) is 22.9. The van der Waals surface area contributed by atoms with Gasteiger partial charge < -0.3 is 10.0 Å². The Bertz CT molecular complexity index is 571. The van der Waals surface area contributed by atoms with Gasteiger partial charge in [0.15, 0.2) is 0 Å². The third-order valence-electron chi connectivity index (χ3n) is 3.45. The largest absolute Gasteiger partial charge is 0.481 e. The molecule has 0 unspecified atom stereocenters. The highest BCUT2D eigenvalue weighted by Crippen LogP contribution is 2.42. The van der Waals surface area contributed by atoms with Crippen LogP contribution in [0.2, 0.25) is 0 Å². The van der Waals surface area contributed by atoms with Gasteiger partial charge in [0.1, 0.15) is 5.82 Å². The van der Waals surface area contributed by atoms with Crippen LogP contribution >= 0.6 is 0 Å². The molecule has 1 fully saturated rings. The number of aromatic nitrogens is 1. The average molecular weight is 328 g/mol. The number of aliphatic carboxylic acids is 1. The molecule has 1 N–H and O–H groups in total. The van der Waals surface area contributed by atoms with Crippen LogP contribution in [-0.2, 0) is 11.0 Å². The van der Waals surface area contributed by atoms with E-state index in [1.165, 1.54) is 0 Å². The van der Waals surface area contributed by atoms with Crippen molar-refractivity contribution in [1.29, 1.82) is 0 Å². The number of hydrogen-bond donors (Lipinski definition) is 1. The molecule has 2 rings (SSSR count). The first kappa shape index (κ1) is 16.4. The van der Waals surface area contributed by atoms with Crippen molar-refractivity contribution in [3.8, 4) is 0 Å². The average Bonchev–Trinajstić information content (AvgIpc) is 2.82. The molecule has 1 saturated heterocycles. The molecule has 0 saturated carbocycles. The molecule has 0 spiro atoms. The van der Waals surface area contributed by atoms with E-state index >= 15 is 0 Å². The molecule has 1 aromatic heterocycles. The molecule has 2 heterocycles. The van der Waals surface area contributed by atoms with Crippen LogP contribution in [0.15, 0.2) is 18.3 Å². The molecule has 122 valence electrons. The lowest BCUT2D eigenvalue weighted by Crippen LogP contribution is -2.33. The van der Waals surface area contributed by atoms with Crippen molar-refractivity contribution in [2.24, 2.45) is 11.8 Å². The van der Waals surface area contributed by atoms with E-state index in [4.69, 9.17) is 5.11 Å². The van der Waals surface area contributed by atoms with Crippen molar-refractivity contribution in [1.82, 2.24) is 4.98 Å². The number of anilines is 1. The molecule has 2 atom stereocenters. The van der Waals surface area contributed by atoms with Crippen LogP contribution in [0.1, 0.15) is 5.56 Å². The lowest BCUT2D eigenvalue weighted by Gasteiger charge is -2.22. The van der Waals surface area contributed by atoms with Gasteiger partial charge in [0.05, 0.1) is 17.4 Å². The van der Waals surface area contributed by atoms with Gasteiger partial charge in [0, 0.05) is 19.3 Å². The van der Waals surface area contributed by atoms with Crippen molar-refractivity contribution in [2.45, 2.75) is 12.4 Å². The fourth-order valence-corrected chi connectivity index (χ4v) is 2.43. The monoisotopic (exact) mass is 328 g/mol. The standard InChI is InChI=1S/C12H10F6N2O2/c13-11(14,15)7-2-1-3-19-9(7)20-4-6(10(21)22)8(5-20)12(16,17)18/h1-3,6,8H,4-5H2,(H,21,22)/t6-,8-/m1/s1. The van der Waals surface area contributed by atoms with Crippen LogP contribution in [0, 0.1) is 11.8 Å². The lowest BCUT2D eigenvalue weighted by atomic mass is 9.96. The Morgan fingerprint density at radius 2 is 1.86 bits per heavy atom. The molecule has 0 aliphatic carbocycles. The number of halogens is 6. The molecule has 1 aliphatic rings. The molecule has 10 heteroatoms. The van der Waals surface area contributed by atoms with Crippen molar-refractivity contribution in [2.75, 3.05) is 18.0 Å². The van der Waals surface area contributed by atoms with Crippen LogP contribution in [0.3, 0.4) is 0 Å². The van der Waals surface area contributed by atoms with Crippen LogP contribution < -0.4 is 4.90 Å². The summed E-state index contributed by atoms with van der Waals surface area (Å²) in [5.41, 5.74) is -1.19. The molecule has 1 aromatic rings. The first-order valence-electron chi connectivity index (χ1n) is 6.08. The first-order valence-corrected chi connectivity index (χ1v) is 6.08. The third-order valence-corrected chi connectivity index (χ3v) is 3.45. The molecule has 22 heavy (non-hydrogen) atoms. The minimum atomic E-state index is -4.81. The maximum Gasteiger partial charge on any atom is 0.419 e. The summed E-state index contributed by atoms with van der Waals surface area (Å²) in [6, 6.07) is 1.71. The van der Waals surface area contributed by atoms with Crippen LogP contribution in [0.5, 0.6) is 0 Å². The van der Waals surface area contributed by atoms with Crippen molar-refractivity contribution in [3.05, 3.63) is 23.9 Å². The fourth-order valence-electron chi connectivity index (χ4n) is 2.43. The Morgan fingerprint density at radius 1 is 1.23 bits per heavy atom. The highest BCUT2D eigenvalue weighted by molar-refractivity contribution is 5.73. The minimum absolute atomic E-state index is 0.681. The van der Waals surface area contributed by atoms with Crippen molar-refractivity contribution >= 4 is 11.8 Å². The van der Waals surface area contributed by atoms with Gasteiger partial charge in [-0.3, -0.25) is 4.79 Å². The van der Waals surface area contributed by atoms with Gasteiger partial charge in [-0.2, -0.15) is 26.3 Å². The number of nitrogens with zero attached hydrogens (tertiary/aromatic N) is 2. The molecule has 4 nitrogen and oxygen atoms in total. The molecular formula is C12H10F6N2O2. The van der Waals surface area contributed by atoms with E-state index in [1.54, 1.807) is 0 Å². The van der Waals surface area contributed by atoms with E-state index in [1.807, 2.05) is 0 Å². The Kier molecular flexibility index (Phi) is 3.96. The second-order valence-electron chi connectivity index (χ2n) is 4.87. The van der Waals surface area contributed by atoms with Gasteiger partial charge in [-0.15, -0.1) is 0 Å². The maximum absolute atomic E-state index is 12.9. The summed E-state index contributed by atoms with van der Waals surface area (Å²) in [6.07, 6.45) is -8.59. The highest BCUT2D eigenvalue weighted by Gasteiger charge is 2.53. The summed E-state index contributed by atoms with van der Waals surface area (Å²) in [6.45, 7) is -1.56. The number of rotatable bonds is 2. The molecule has 0 bridgehead atoms. The number of carboxylic acid groups (broad SMARTS) is 1. The highest BCUT2D eigenvalue weighted by atomic mass is 19.4. The zero-order valence-electron chi connectivity index (χ0n) is 10.8. The smallest absolute Gasteiger partial charge is 0.419 e. The van der Waals surface area contributed by atoms with Gasteiger partial charge in [0.25, 0.3) is 0 Å². The Hall–Kier alpha value is -2.00. The number of alkyl halides is 6. The minimum Gasteiger partial charge on any atom is -0.481 e. The van der Waals surface area contributed by atoms with Gasteiger partial charge in [-0.1, -0.05) is 0 Å². The molecule has 0 aromatic carbocycles. The molecule has 0 amide bonds. The summed E-state index contributed by atoms with van der Waals surface area (Å²) in [7, 11) is 0. The van der Waals surface area contributed by atoms with E-state index in [-0.39, 0.29) is 0 Å². The van der Waals surface area contributed by atoms with Crippen LogP contribution in [-0.4, -0.2) is 35.3 Å². The second kappa shape index (κ2) is 5.33. The predicted molar refractivity (Wildman–Crippen MR) is 62.1 cm³/mol. The molecule has 0 radical (unpaired) electrons. The van der Waals surface area contributed by atoms with Crippen LogP contribution in [0.4, 0.5) is 32.2 Å². The lowest BCUT2D eigenvalue weighted by molar-refractivity contribution is -0.187. The second-order valence-corrected chi connectivity index (χ2v) is 4.87. The number of pyridine rings is 1. The number of carbonyl (C=O) groups is 1. The van der Waals surface area contributed by atoms with E-state index in [0.29, 0.717) is 6.07 Å². The fraction of sp³-hybridized carbons (Fsp3) is 0.500.